The van der Waals surface area contributed by atoms with E-state index in [-0.39, 0.29) is 30.6 Å². The van der Waals surface area contributed by atoms with Gasteiger partial charge < -0.3 is 20.1 Å². The lowest BCUT2D eigenvalue weighted by molar-refractivity contribution is -0.118. The lowest BCUT2D eigenvalue weighted by atomic mass is 10.2. The molecule has 8 heteroatoms. The van der Waals surface area contributed by atoms with Crippen LogP contribution in [0.3, 0.4) is 0 Å². The van der Waals surface area contributed by atoms with Crippen molar-refractivity contribution in [3.63, 3.8) is 0 Å². The van der Waals surface area contributed by atoms with Crippen molar-refractivity contribution in [2.45, 2.75) is 26.1 Å². The van der Waals surface area contributed by atoms with Gasteiger partial charge >= 0.3 is 0 Å². The number of anilines is 1. The number of rotatable bonds is 8. The van der Waals surface area contributed by atoms with Crippen LogP contribution in [0.4, 0.5) is 5.69 Å². The van der Waals surface area contributed by atoms with Crippen molar-refractivity contribution in [2.75, 3.05) is 38.1 Å². The van der Waals surface area contributed by atoms with Crippen molar-refractivity contribution in [1.82, 2.24) is 10.2 Å². The first-order valence-electron chi connectivity index (χ1n) is 10.3. The van der Waals surface area contributed by atoms with Crippen molar-refractivity contribution < 1.29 is 19.1 Å². The van der Waals surface area contributed by atoms with Crippen molar-refractivity contribution in [2.24, 2.45) is 0 Å². The lowest BCUT2D eigenvalue weighted by Crippen LogP contribution is -2.47. The minimum absolute atomic E-state index is 0.191. The summed E-state index contributed by atoms with van der Waals surface area (Å²) in [4.78, 5) is 27.1. The Morgan fingerprint density at radius 2 is 1.77 bits per heavy atom. The number of para-hydroxylation sites is 1. The fourth-order valence-electron chi connectivity index (χ4n) is 3.54. The van der Waals surface area contributed by atoms with Crippen molar-refractivity contribution in [3.05, 3.63) is 58.6 Å². The number of ether oxygens (including phenoxy) is 2. The highest BCUT2D eigenvalue weighted by Crippen LogP contribution is 2.18. The molecule has 0 spiro atoms. The smallest absolute Gasteiger partial charge is 0.262 e. The van der Waals surface area contributed by atoms with Crippen molar-refractivity contribution >= 4 is 33.4 Å². The van der Waals surface area contributed by atoms with Gasteiger partial charge in [-0.1, -0.05) is 28.1 Å². The molecule has 166 valence electrons. The van der Waals surface area contributed by atoms with E-state index in [0.29, 0.717) is 23.5 Å². The molecule has 0 radical (unpaired) electrons. The minimum atomic E-state index is -0.298. The molecular weight excluding hydrogens is 462 g/mol. The number of carbonyl (C=O) groups excluding carboxylic acids is 2. The zero-order chi connectivity index (χ0) is 22.2. The van der Waals surface area contributed by atoms with Gasteiger partial charge in [-0.2, -0.15) is 0 Å². The third-order valence-corrected chi connectivity index (χ3v) is 5.36. The van der Waals surface area contributed by atoms with Crippen molar-refractivity contribution in [3.8, 4) is 5.75 Å². The Labute approximate surface area is 191 Å². The van der Waals surface area contributed by atoms with Gasteiger partial charge in [-0.05, 0) is 50.2 Å². The summed E-state index contributed by atoms with van der Waals surface area (Å²) in [6.07, 6.45) is 0.384. The number of nitrogens with zero attached hydrogens (tertiary/aromatic N) is 1. The summed E-state index contributed by atoms with van der Waals surface area (Å²) in [6.45, 7) is 6.91. The van der Waals surface area contributed by atoms with Gasteiger partial charge in [-0.15, -0.1) is 0 Å². The van der Waals surface area contributed by atoms with Gasteiger partial charge in [0.2, 0.25) is 0 Å². The van der Waals surface area contributed by atoms with Crippen molar-refractivity contribution in [1.29, 1.82) is 0 Å². The van der Waals surface area contributed by atoms with E-state index in [0.717, 1.165) is 24.1 Å². The second-order valence-corrected chi connectivity index (χ2v) is 8.53. The van der Waals surface area contributed by atoms with Crippen LogP contribution in [0.2, 0.25) is 0 Å². The number of hydrogen-bond donors (Lipinski definition) is 2. The Morgan fingerprint density at radius 3 is 2.48 bits per heavy atom. The molecule has 0 aliphatic carbocycles. The summed E-state index contributed by atoms with van der Waals surface area (Å²) in [5, 5.41) is 5.71. The van der Waals surface area contributed by atoms with Crippen LogP contribution in [0.5, 0.6) is 5.75 Å². The number of nitrogens with one attached hydrogen (secondary N) is 2. The summed E-state index contributed by atoms with van der Waals surface area (Å²) < 4.78 is 12.3. The van der Waals surface area contributed by atoms with Crippen LogP contribution < -0.4 is 15.4 Å². The zero-order valence-electron chi connectivity index (χ0n) is 17.8. The maximum absolute atomic E-state index is 12.7. The van der Waals surface area contributed by atoms with Crippen LogP contribution in [0, 0.1) is 0 Å². The van der Waals surface area contributed by atoms with E-state index in [4.69, 9.17) is 9.47 Å². The number of halogens is 1. The van der Waals surface area contributed by atoms with Crippen LogP contribution in [-0.2, 0) is 9.53 Å². The predicted octanol–water partition coefficient (Wildman–Crippen LogP) is 3.31. The first-order chi connectivity index (χ1) is 14.9. The fourth-order valence-corrected chi connectivity index (χ4v) is 3.81. The fraction of sp³-hybridized carbons (Fsp3) is 0.391. The molecule has 0 unspecified atom stereocenters. The third kappa shape index (κ3) is 7.34. The van der Waals surface area contributed by atoms with Crippen LogP contribution >= 0.6 is 15.9 Å². The maximum atomic E-state index is 12.7. The van der Waals surface area contributed by atoms with Gasteiger partial charge in [0, 0.05) is 36.3 Å². The van der Waals surface area contributed by atoms with E-state index >= 15 is 0 Å². The second-order valence-electron chi connectivity index (χ2n) is 7.61. The maximum Gasteiger partial charge on any atom is 0.262 e. The first kappa shape index (κ1) is 23.2. The molecular formula is C23H28BrN3O4. The van der Waals surface area contributed by atoms with E-state index in [1.165, 1.54) is 0 Å². The number of benzene rings is 2. The summed E-state index contributed by atoms with van der Waals surface area (Å²) in [7, 11) is 0. The molecule has 2 aromatic rings. The van der Waals surface area contributed by atoms with E-state index in [2.05, 4.69) is 45.3 Å². The average Bonchev–Trinajstić information content (AvgIpc) is 2.73. The normalized spacial score (nSPS) is 18.9. The highest BCUT2D eigenvalue weighted by Gasteiger charge is 2.22. The number of hydrogen-bond acceptors (Lipinski definition) is 5. The van der Waals surface area contributed by atoms with Crippen LogP contribution in [0.15, 0.2) is 53.0 Å². The molecule has 31 heavy (non-hydrogen) atoms. The van der Waals surface area contributed by atoms with Gasteiger partial charge in [0.25, 0.3) is 11.8 Å². The van der Waals surface area contributed by atoms with E-state index < -0.39 is 0 Å². The third-order valence-electron chi connectivity index (χ3n) is 4.83. The van der Waals surface area contributed by atoms with Gasteiger partial charge in [0.15, 0.2) is 6.61 Å². The number of carbonyl (C=O) groups is 2. The monoisotopic (exact) mass is 489 g/mol. The molecule has 0 bridgehead atoms. The van der Waals surface area contributed by atoms with Crippen LogP contribution in [0.25, 0.3) is 0 Å². The molecule has 1 fully saturated rings. The van der Waals surface area contributed by atoms with Gasteiger partial charge in [-0.25, -0.2) is 0 Å². The minimum Gasteiger partial charge on any atom is -0.483 e. The SMILES string of the molecule is C[C@@H]1CN(CCNC(=O)c2ccccc2OCC(=O)Nc2ccc(Br)cc2)C[C@H](C)O1. The summed E-state index contributed by atoms with van der Waals surface area (Å²) in [5.41, 5.74) is 1.08. The number of amides is 2. The van der Waals surface area contributed by atoms with Gasteiger partial charge in [0.1, 0.15) is 5.75 Å². The Bertz CT molecular complexity index is 881. The summed E-state index contributed by atoms with van der Waals surface area (Å²) in [6, 6.07) is 14.2. The van der Waals surface area contributed by atoms with Crippen LogP contribution in [-0.4, -0.2) is 61.7 Å². The Morgan fingerprint density at radius 1 is 1.10 bits per heavy atom. The van der Waals surface area contributed by atoms with Crippen LogP contribution in [0.1, 0.15) is 24.2 Å². The molecule has 1 aliphatic rings. The Kier molecular flexibility index (Phi) is 8.45. The molecule has 2 atom stereocenters. The summed E-state index contributed by atoms with van der Waals surface area (Å²) in [5.74, 6) is -0.147. The largest absolute Gasteiger partial charge is 0.483 e. The lowest BCUT2D eigenvalue weighted by Gasteiger charge is -2.35. The molecule has 1 aliphatic heterocycles. The molecule has 2 amide bonds. The molecule has 2 aromatic carbocycles. The Balaban J connectivity index is 1.49. The Hall–Kier alpha value is -2.42. The van der Waals surface area contributed by atoms with E-state index in [1.54, 1.807) is 36.4 Å². The topological polar surface area (TPSA) is 79.9 Å². The van der Waals surface area contributed by atoms with E-state index in [1.807, 2.05) is 12.1 Å². The first-order valence-corrected chi connectivity index (χ1v) is 11.1. The highest BCUT2D eigenvalue weighted by molar-refractivity contribution is 9.10. The quantitative estimate of drug-likeness (QED) is 0.594. The highest BCUT2D eigenvalue weighted by atomic mass is 79.9. The molecule has 3 rings (SSSR count). The molecule has 0 saturated carbocycles. The second kappa shape index (κ2) is 11.3. The standard InChI is InChI=1S/C23H28BrN3O4/c1-16-13-27(14-17(2)31-16)12-11-25-23(29)20-5-3-4-6-21(20)30-15-22(28)26-19-9-7-18(24)8-10-19/h3-10,16-17H,11-15H2,1-2H3,(H,25,29)(H,26,28)/t16-,17+. The predicted molar refractivity (Wildman–Crippen MR) is 123 cm³/mol. The van der Waals surface area contributed by atoms with Gasteiger partial charge in [0.05, 0.1) is 17.8 Å². The molecule has 7 nitrogen and oxygen atoms in total. The number of morpholine rings is 1. The average molecular weight is 490 g/mol. The molecule has 0 aromatic heterocycles. The summed E-state index contributed by atoms with van der Waals surface area (Å²) >= 11 is 3.36. The van der Waals surface area contributed by atoms with Gasteiger partial charge in [-0.3, -0.25) is 14.5 Å². The zero-order valence-corrected chi connectivity index (χ0v) is 19.4. The van der Waals surface area contributed by atoms with E-state index in [9.17, 15) is 9.59 Å². The molecule has 2 N–H and O–H groups in total. The molecule has 1 saturated heterocycles. The molecule has 1 heterocycles.